The van der Waals surface area contributed by atoms with Gasteiger partial charge in [0, 0.05) is 6.54 Å². The van der Waals surface area contributed by atoms with Crippen molar-refractivity contribution < 1.29 is 24.2 Å². The highest BCUT2D eigenvalue weighted by Crippen LogP contribution is 2.37. The summed E-state index contributed by atoms with van der Waals surface area (Å²) in [6.45, 7) is 3.20. The summed E-state index contributed by atoms with van der Waals surface area (Å²) < 4.78 is 11.0. The van der Waals surface area contributed by atoms with Crippen molar-refractivity contribution in [2.75, 3.05) is 18.6 Å². The molecule has 0 saturated heterocycles. The minimum atomic E-state index is -1.11. The predicted molar refractivity (Wildman–Crippen MR) is 102 cm³/mol. The molecule has 27 heavy (non-hydrogen) atoms. The molecule has 0 aliphatic carbocycles. The summed E-state index contributed by atoms with van der Waals surface area (Å²) in [6.07, 6.45) is 1.63. The fraction of sp³-hybridized carbons (Fsp3) is 0.238. The molecule has 1 heterocycles. The lowest BCUT2D eigenvalue weighted by atomic mass is 9.92. The van der Waals surface area contributed by atoms with Gasteiger partial charge in [0.2, 0.25) is 0 Å². The van der Waals surface area contributed by atoms with Crippen molar-refractivity contribution in [3.05, 3.63) is 59.9 Å². The number of para-hydroxylation sites is 2. The third-order valence-corrected chi connectivity index (χ3v) is 4.36. The van der Waals surface area contributed by atoms with E-state index in [0.717, 1.165) is 5.56 Å². The maximum Gasteiger partial charge on any atom is 0.310 e. The first-order chi connectivity index (χ1) is 12.8. The van der Waals surface area contributed by atoms with Crippen LogP contribution in [-0.4, -0.2) is 30.6 Å². The van der Waals surface area contributed by atoms with Gasteiger partial charge in [-0.3, -0.25) is 9.59 Å². The summed E-state index contributed by atoms with van der Waals surface area (Å²) >= 11 is 0. The van der Waals surface area contributed by atoms with Crippen LogP contribution in [0, 0.1) is 5.41 Å². The molecule has 1 aliphatic rings. The first kappa shape index (κ1) is 18.5. The van der Waals surface area contributed by atoms with Gasteiger partial charge in [-0.1, -0.05) is 24.3 Å². The van der Waals surface area contributed by atoms with Gasteiger partial charge >= 0.3 is 5.97 Å². The number of fused-ring (bicyclic) bond motifs is 1. The molecule has 0 bridgehead atoms. The first-order valence-corrected chi connectivity index (χ1v) is 8.50. The maximum atomic E-state index is 13.1. The van der Waals surface area contributed by atoms with Crippen molar-refractivity contribution in [1.82, 2.24) is 0 Å². The van der Waals surface area contributed by atoms with Crippen LogP contribution in [0.2, 0.25) is 0 Å². The fourth-order valence-electron chi connectivity index (χ4n) is 2.76. The lowest BCUT2D eigenvalue weighted by Gasteiger charge is -2.34. The Balaban J connectivity index is 2.02. The average Bonchev–Trinajstić information content (AvgIpc) is 2.65. The molecule has 6 nitrogen and oxygen atoms in total. The number of aliphatic carboxylic acids is 1. The molecule has 0 saturated carbocycles. The lowest BCUT2D eigenvalue weighted by Crippen LogP contribution is -2.45. The Bertz CT molecular complexity index is 916. The number of ether oxygens (including phenoxy) is 2. The van der Waals surface area contributed by atoms with Crippen molar-refractivity contribution in [1.29, 1.82) is 0 Å². The van der Waals surface area contributed by atoms with Gasteiger partial charge in [0.15, 0.2) is 11.5 Å². The van der Waals surface area contributed by atoms with E-state index in [9.17, 15) is 14.7 Å². The minimum absolute atomic E-state index is 0.0248. The zero-order valence-electron chi connectivity index (χ0n) is 15.4. The standard InChI is InChI=1S/C21H21NO5/c1-21(2,20(24)25)13-22-16-9-4-5-10-17(16)27-18(19(22)23)12-14-7-6-8-15(11-14)26-3/h4-12H,13H2,1-3H3,(H,24,25)/b18-12+. The lowest BCUT2D eigenvalue weighted by molar-refractivity contribution is -0.146. The zero-order chi connectivity index (χ0) is 19.6. The smallest absolute Gasteiger partial charge is 0.310 e. The van der Waals surface area contributed by atoms with Crippen LogP contribution in [0.5, 0.6) is 11.5 Å². The number of rotatable bonds is 5. The highest BCUT2D eigenvalue weighted by molar-refractivity contribution is 6.10. The minimum Gasteiger partial charge on any atom is -0.497 e. The van der Waals surface area contributed by atoms with Crippen LogP contribution in [0.3, 0.4) is 0 Å². The summed E-state index contributed by atoms with van der Waals surface area (Å²) in [5.74, 6) is -0.0594. The Morgan fingerprint density at radius 2 is 1.96 bits per heavy atom. The van der Waals surface area contributed by atoms with E-state index < -0.39 is 11.4 Å². The quantitative estimate of drug-likeness (QED) is 0.818. The Morgan fingerprint density at radius 1 is 1.22 bits per heavy atom. The normalized spacial score (nSPS) is 15.3. The molecule has 0 fully saturated rings. The molecule has 0 radical (unpaired) electrons. The number of methoxy groups -OCH3 is 1. The predicted octanol–water partition coefficient (Wildman–Crippen LogP) is 3.57. The van der Waals surface area contributed by atoms with Crippen LogP contribution in [-0.2, 0) is 9.59 Å². The molecule has 1 amide bonds. The summed E-state index contributed by atoms with van der Waals surface area (Å²) in [7, 11) is 1.57. The number of amides is 1. The van der Waals surface area contributed by atoms with E-state index in [-0.39, 0.29) is 18.2 Å². The average molecular weight is 367 g/mol. The molecule has 0 atom stereocenters. The number of hydrogen-bond acceptors (Lipinski definition) is 4. The van der Waals surface area contributed by atoms with Gasteiger partial charge < -0.3 is 19.5 Å². The third kappa shape index (κ3) is 3.79. The number of carboxylic acids is 1. The summed E-state index contributed by atoms with van der Waals surface area (Å²) in [5.41, 5.74) is 0.190. The van der Waals surface area contributed by atoms with E-state index in [0.29, 0.717) is 17.2 Å². The van der Waals surface area contributed by atoms with E-state index >= 15 is 0 Å². The molecule has 1 aliphatic heterocycles. The van der Waals surface area contributed by atoms with Crippen LogP contribution >= 0.6 is 0 Å². The van der Waals surface area contributed by atoms with Crippen molar-refractivity contribution in [2.24, 2.45) is 5.41 Å². The van der Waals surface area contributed by atoms with Gasteiger partial charge in [0.25, 0.3) is 5.91 Å². The molecular weight excluding hydrogens is 346 g/mol. The Labute approximate surface area is 157 Å². The zero-order valence-corrected chi connectivity index (χ0v) is 15.4. The van der Waals surface area contributed by atoms with Crippen LogP contribution in [0.4, 0.5) is 5.69 Å². The van der Waals surface area contributed by atoms with Crippen molar-refractivity contribution >= 4 is 23.6 Å². The van der Waals surface area contributed by atoms with Gasteiger partial charge in [0.1, 0.15) is 5.75 Å². The molecule has 2 aromatic rings. The van der Waals surface area contributed by atoms with Gasteiger partial charge in [-0.15, -0.1) is 0 Å². The summed E-state index contributed by atoms with van der Waals surface area (Å²) in [5, 5.41) is 9.47. The summed E-state index contributed by atoms with van der Waals surface area (Å²) in [4.78, 5) is 26.1. The van der Waals surface area contributed by atoms with E-state index in [1.165, 1.54) is 4.90 Å². The first-order valence-electron chi connectivity index (χ1n) is 8.50. The van der Waals surface area contributed by atoms with E-state index in [1.807, 2.05) is 18.2 Å². The topological polar surface area (TPSA) is 76.1 Å². The number of carboxylic acid groups (broad SMARTS) is 1. The van der Waals surface area contributed by atoms with Crippen LogP contribution in [0.15, 0.2) is 54.3 Å². The van der Waals surface area contributed by atoms with Gasteiger partial charge in [-0.25, -0.2) is 0 Å². The SMILES string of the molecule is COc1cccc(/C=C2/Oc3ccccc3N(CC(C)(C)C(=O)O)C2=O)c1. The molecule has 6 heteroatoms. The highest BCUT2D eigenvalue weighted by atomic mass is 16.5. The van der Waals surface area contributed by atoms with E-state index in [2.05, 4.69) is 0 Å². The van der Waals surface area contributed by atoms with Gasteiger partial charge in [-0.2, -0.15) is 0 Å². The van der Waals surface area contributed by atoms with Crippen LogP contribution in [0.1, 0.15) is 19.4 Å². The number of anilines is 1. The number of nitrogens with zero attached hydrogens (tertiary/aromatic N) is 1. The van der Waals surface area contributed by atoms with Crippen molar-refractivity contribution in [3.8, 4) is 11.5 Å². The molecule has 0 spiro atoms. The summed E-state index contributed by atoms with van der Waals surface area (Å²) in [6, 6.07) is 14.3. The Hall–Kier alpha value is -3.28. The second-order valence-corrected chi connectivity index (χ2v) is 6.94. The largest absolute Gasteiger partial charge is 0.497 e. The molecule has 3 rings (SSSR count). The van der Waals surface area contributed by atoms with Crippen LogP contribution in [0.25, 0.3) is 6.08 Å². The van der Waals surface area contributed by atoms with Crippen LogP contribution < -0.4 is 14.4 Å². The molecule has 1 N–H and O–H groups in total. The van der Waals surface area contributed by atoms with Gasteiger partial charge in [-0.05, 0) is 49.8 Å². The molecular formula is C21H21NO5. The molecule has 0 unspecified atom stereocenters. The fourth-order valence-corrected chi connectivity index (χ4v) is 2.76. The van der Waals surface area contributed by atoms with E-state index in [1.54, 1.807) is 57.4 Å². The Morgan fingerprint density at radius 3 is 2.67 bits per heavy atom. The van der Waals surface area contributed by atoms with Crippen molar-refractivity contribution in [3.63, 3.8) is 0 Å². The maximum absolute atomic E-state index is 13.1. The number of carbonyl (C=O) groups excluding carboxylic acids is 1. The molecule has 140 valence electrons. The third-order valence-electron chi connectivity index (χ3n) is 4.36. The van der Waals surface area contributed by atoms with Crippen molar-refractivity contribution in [2.45, 2.75) is 13.8 Å². The Kier molecular flexibility index (Phi) is 4.90. The number of hydrogen-bond donors (Lipinski definition) is 1. The second kappa shape index (κ2) is 7.15. The number of benzene rings is 2. The van der Waals surface area contributed by atoms with Gasteiger partial charge in [0.05, 0.1) is 18.2 Å². The molecule has 0 aromatic heterocycles. The highest BCUT2D eigenvalue weighted by Gasteiger charge is 2.37. The monoisotopic (exact) mass is 367 g/mol. The second-order valence-electron chi connectivity index (χ2n) is 6.94. The van der Waals surface area contributed by atoms with E-state index in [4.69, 9.17) is 9.47 Å². The number of carbonyl (C=O) groups is 2. The molecule has 2 aromatic carbocycles.